The van der Waals surface area contributed by atoms with Crippen molar-refractivity contribution < 1.29 is 27.4 Å². The number of alkyl carbamates (subject to hydrolysis) is 1. The Labute approximate surface area is 145 Å². The van der Waals surface area contributed by atoms with E-state index < -0.39 is 12.5 Å². The van der Waals surface area contributed by atoms with Crippen LogP contribution in [0.4, 0.5) is 18.0 Å². The summed E-state index contributed by atoms with van der Waals surface area (Å²) in [6.07, 6.45) is -3.85. The third-order valence-corrected chi connectivity index (χ3v) is 4.19. The van der Waals surface area contributed by atoms with E-state index in [0.717, 1.165) is 5.56 Å². The first-order chi connectivity index (χ1) is 11.8. The summed E-state index contributed by atoms with van der Waals surface area (Å²) in [5, 5.41) is 2.60. The summed E-state index contributed by atoms with van der Waals surface area (Å²) in [5.74, 6) is -0.216. The van der Waals surface area contributed by atoms with Crippen LogP contribution < -0.4 is 10.1 Å². The van der Waals surface area contributed by atoms with E-state index in [1.165, 1.54) is 12.1 Å². The minimum absolute atomic E-state index is 0.0535. The maximum absolute atomic E-state index is 12.4. The number of nitrogens with one attached hydrogen (secondary N) is 1. The molecule has 1 heterocycles. The molecule has 1 aromatic rings. The summed E-state index contributed by atoms with van der Waals surface area (Å²) in [7, 11) is 0. The molecule has 1 amide bonds. The Balaban J connectivity index is 1.91. The molecule has 1 unspecified atom stereocenters. The number of alkyl halides is 3. The Hall–Kier alpha value is -1.96. The molecule has 0 aromatic heterocycles. The fraction of sp³-hybridized carbons (Fsp3) is 0.588. The first-order valence-corrected chi connectivity index (χ1v) is 8.32. The topological polar surface area (TPSA) is 50.8 Å². The van der Waals surface area contributed by atoms with Crippen LogP contribution in [0.25, 0.3) is 0 Å². The lowest BCUT2D eigenvalue weighted by Gasteiger charge is -2.36. The maximum Gasteiger partial charge on any atom is 0.573 e. The van der Waals surface area contributed by atoms with Crippen LogP contribution in [0.5, 0.6) is 5.75 Å². The highest BCUT2D eigenvalue weighted by Crippen LogP contribution is 2.29. The lowest BCUT2D eigenvalue weighted by atomic mass is 10.0. The maximum atomic E-state index is 12.4. The lowest BCUT2D eigenvalue weighted by Crippen LogP contribution is -2.40. The summed E-state index contributed by atoms with van der Waals surface area (Å²) < 4.78 is 46.4. The Morgan fingerprint density at radius 1 is 1.36 bits per heavy atom. The van der Waals surface area contributed by atoms with Gasteiger partial charge in [0.1, 0.15) is 11.9 Å². The van der Waals surface area contributed by atoms with Crippen molar-refractivity contribution in [3.8, 4) is 5.75 Å². The van der Waals surface area contributed by atoms with Gasteiger partial charge in [0.05, 0.1) is 0 Å². The Morgan fingerprint density at radius 3 is 2.64 bits per heavy atom. The Morgan fingerprint density at radius 2 is 2.04 bits per heavy atom. The molecule has 1 aromatic carbocycles. The molecule has 0 bridgehead atoms. The van der Waals surface area contributed by atoms with E-state index in [9.17, 15) is 18.0 Å². The summed E-state index contributed by atoms with van der Waals surface area (Å²) >= 11 is 0. The van der Waals surface area contributed by atoms with E-state index in [2.05, 4.69) is 15.0 Å². The zero-order chi connectivity index (χ0) is 18.4. The second-order valence-corrected chi connectivity index (χ2v) is 5.97. The molecule has 0 saturated carbocycles. The van der Waals surface area contributed by atoms with Crippen molar-refractivity contribution in [1.82, 2.24) is 10.2 Å². The van der Waals surface area contributed by atoms with Gasteiger partial charge in [0.2, 0.25) is 0 Å². The zero-order valence-corrected chi connectivity index (χ0v) is 14.3. The monoisotopic (exact) mass is 360 g/mol. The third kappa shape index (κ3) is 6.12. The Bertz CT molecular complexity index is 573. The second kappa shape index (κ2) is 8.42. The molecular formula is C17H23F3N2O3. The van der Waals surface area contributed by atoms with Crippen molar-refractivity contribution >= 4 is 6.09 Å². The normalized spacial score (nSPS) is 17.8. The average Bonchev–Trinajstić information content (AvgIpc) is 2.54. The van der Waals surface area contributed by atoms with Gasteiger partial charge in [0.15, 0.2) is 0 Å². The first-order valence-electron chi connectivity index (χ1n) is 8.32. The molecule has 0 aliphatic carbocycles. The first kappa shape index (κ1) is 19.4. The molecule has 2 rings (SSSR count). The van der Waals surface area contributed by atoms with Crippen LogP contribution in [-0.4, -0.2) is 43.1 Å². The summed E-state index contributed by atoms with van der Waals surface area (Å²) in [6.45, 7) is 5.69. The number of hydrogen-bond donors (Lipinski definition) is 1. The van der Waals surface area contributed by atoms with Gasteiger partial charge in [-0.2, -0.15) is 0 Å². The van der Waals surface area contributed by atoms with E-state index in [-0.39, 0.29) is 17.9 Å². The molecule has 1 saturated heterocycles. The van der Waals surface area contributed by atoms with E-state index in [0.29, 0.717) is 32.5 Å². The van der Waals surface area contributed by atoms with Gasteiger partial charge in [-0.15, -0.1) is 13.2 Å². The number of carbonyl (C=O) groups excluding carboxylic acids is 1. The number of ether oxygens (including phenoxy) is 2. The highest BCUT2D eigenvalue weighted by molar-refractivity contribution is 5.67. The smallest absolute Gasteiger partial charge is 0.446 e. The van der Waals surface area contributed by atoms with E-state index in [1.54, 1.807) is 12.1 Å². The largest absolute Gasteiger partial charge is 0.573 e. The number of amides is 1. The standard InChI is InChI=1S/C17H23F3N2O3/c1-3-21-16(23)24-14-7-9-22(10-8-14)12(2)13-5-4-6-15(11-13)25-17(18,19)20/h4-6,11-12,14H,3,7-10H2,1-2H3,(H,21,23). The molecule has 1 aliphatic heterocycles. The van der Waals surface area contributed by atoms with Gasteiger partial charge in [-0.25, -0.2) is 4.79 Å². The van der Waals surface area contributed by atoms with Crippen LogP contribution in [0.1, 0.15) is 38.3 Å². The summed E-state index contributed by atoms with van der Waals surface area (Å²) in [4.78, 5) is 13.6. The molecule has 25 heavy (non-hydrogen) atoms. The molecule has 0 spiro atoms. The fourth-order valence-electron chi connectivity index (χ4n) is 2.90. The van der Waals surface area contributed by atoms with Gasteiger partial charge < -0.3 is 14.8 Å². The van der Waals surface area contributed by atoms with Crippen molar-refractivity contribution in [3.63, 3.8) is 0 Å². The van der Waals surface area contributed by atoms with Gasteiger partial charge in [-0.05, 0) is 44.4 Å². The second-order valence-electron chi connectivity index (χ2n) is 5.97. The summed E-state index contributed by atoms with van der Waals surface area (Å²) in [5.41, 5.74) is 0.754. The molecule has 0 radical (unpaired) electrons. The van der Waals surface area contributed by atoms with Gasteiger partial charge in [-0.1, -0.05) is 12.1 Å². The van der Waals surface area contributed by atoms with Crippen LogP contribution in [-0.2, 0) is 4.74 Å². The number of benzene rings is 1. The number of likely N-dealkylation sites (tertiary alicyclic amines) is 1. The fourth-order valence-corrected chi connectivity index (χ4v) is 2.90. The molecule has 1 fully saturated rings. The number of nitrogens with zero attached hydrogens (tertiary/aromatic N) is 1. The molecule has 140 valence electrons. The SMILES string of the molecule is CCNC(=O)OC1CCN(C(C)c2cccc(OC(F)(F)F)c2)CC1. The van der Waals surface area contributed by atoms with Crippen LogP contribution in [0.3, 0.4) is 0 Å². The highest BCUT2D eigenvalue weighted by Gasteiger charge is 2.31. The molecule has 5 nitrogen and oxygen atoms in total. The van der Waals surface area contributed by atoms with Crippen molar-refractivity contribution in [2.24, 2.45) is 0 Å². The van der Waals surface area contributed by atoms with Crippen molar-refractivity contribution in [3.05, 3.63) is 29.8 Å². The lowest BCUT2D eigenvalue weighted by molar-refractivity contribution is -0.274. The quantitative estimate of drug-likeness (QED) is 0.866. The van der Waals surface area contributed by atoms with Gasteiger partial charge in [0, 0.05) is 25.7 Å². The number of halogens is 3. The van der Waals surface area contributed by atoms with E-state index in [4.69, 9.17) is 4.74 Å². The van der Waals surface area contributed by atoms with E-state index in [1.807, 2.05) is 13.8 Å². The van der Waals surface area contributed by atoms with E-state index >= 15 is 0 Å². The third-order valence-electron chi connectivity index (χ3n) is 4.19. The molecule has 1 N–H and O–H groups in total. The Kier molecular flexibility index (Phi) is 6.52. The molecular weight excluding hydrogens is 337 g/mol. The van der Waals surface area contributed by atoms with Gasteiger partial charge >= 0.3 is 12.5 Å². The van der Waals surface area contributed by atoms with Gasteiger partial charge in [-0.3, -0.25) is 4.90 Å². The average molecular weight is 360 g/mol. The highest BCUT2D eigenvalue weighted by atomic mass is 19.4. The molecule has 8 heteroatoms. The number of hydrogen-bond acceptors (Lipinski definition) is 4. The predicted octanol–water partition coefficient (Wildman–Crippen LogP) is 3.86. The van der Waals surface area contributed by atoms with Crippen LogP contribution in [0, 0.1) is 0 Å². The zero-order valence-electron chi connectivity index (χ0n) is 14.3. The predicted molar refractivity (Wildman–Crippen MR) is 86.3 cm³/mol. The van der Waals surface area contributed by atoms with Crippen LogP contribution >= 0.6 is 0 Å². The number of carbonyl (C=O) groups is 1. The van der Waals surface area contributed by atoms with Crippen LogP contribution in [0.15, 0.2) is 24.3 Å². The van der Waals surface area contributed by atoms with Gasteiger partial charge in [0.25, 0.3) is 0 Å². The van der Waals surface area contributed by atoms with Crippen molar-refractivity contribution in [2.75, 3.05) is 19.6 Å². The van der Waals surface area contributed by atoms with Crippen molar-refractivity contribution in [2.45, 2.75) is 45.2 Å². The summed E-state index contributed by atoms with van der Waals surface area (Å²) in [6, 6.07) is 5.98. The minimum atomic E-state index is -4.70. The molecule has 1 aliphatic rings. The molecule has 1 atom stereocenters. The van der Waals surface area contributed by atoms with Crippen LogP contribution in [0.2, 0.25) is 0 Å². The number of piperidine rings is 1. The number of rotatable bonds is 5. The minimum Gasteiger partial charge on any atom is -0.446 e. The van der Waals surface area contributed by atoms with Crippen molar-refractivity contribution in [1.29, 1.82) is 0 Å².